The lowest BCUT2D eigenvalue weighted by Gasteiger charge is -2.09. The van der Waals surface area contributed by atoms with Crippen molar-refractivity contribution >= 4 is 28.2 Å². The van der Waals surface area contributed by atoms with E-state index in [0.717, 1.165) is 17.6 Å². The first kappa shape index (κ1) is 13.9. The van der Waals surface area contributed by atoms with Gasteiger partial charge < -0.3 is 10.3 Å². The molecule has 0 aliphatic rings. The SMILES string of the molecule is CC[C@H](NC)c1csc(C(=O)c2c[nH]c3cccnc23)n1. The van der Waals surface area contributed by atoms with Crippen LogP contribution in [0.4, 0.5) is 0 Å². The normalized spacial score (nSPS) is 12.7. The molecule has 5 nitrogen and oxygen atoms in total. The van der Waals surface area contributed by atoms with E-state index in [1.807, 2.05) is 24.6 Å². The second-order valence-electron chi connectivity index (χ2n) is 4.76. The van der Waals surface area contributed by atoms with Crippen LogP contribution >= 0.6 is 11.3 Å². The summed E-state index contributed by atoms with van der Waals surface area (Å²) < 4.78 is 0. The molecule has 0 fully saturated rings. The Morgan fingerprint density at radius 1 is 1.52 bits per heavy atom. The lowest BCUT2D eigenvalue weighted by molar-refractivity contribution is 0.103. The van der Waals surface area contributed by atoms with Gasteiger partial charge in [0.25, 0.3) is 0 Å². The number of pyridine rings is 1. The smallest absolute Gasteiger partial charge is 0.225 e. The summed E-state index contributed by atoms with van der Waals surface area (Å²) in [5.74, 6) is -0.0813. The van der Waals surface area contributed by atoms with E-state index in [9.17, 15) is 4.79 Å². The molecule has 0 spiro atoms. The Hall–Kier alpha value is -2.05. The van der Waals surface area contributed by atoms with Gasteiger partial charge in [-0.25, -0.2) is 4.98 Å². The number of nitrogens with zero attached hydrogens (tertiary/aromatic N) is 2. The Kier molecular flexibility index (Phi) is 3.81. The molecule has 3 aromatic heterocycles. The highest BCUT2D eigenvalue weighted by Crippen LogP contribution is 2.23. The maximum atomic E-state index is 12.6. The van der Waals surface area contributed by atoms with Crippen LogP contribution in [0.15, 0.2) is 29.9 Å². The molecule has 3 rings (SSSR count). The van der Waals surface area contributed by atoms with Gasteiger partial charge in [0.1, 0.15) is 0 Å². The quantitative estimate of drug-likeness (QED) is 0.711. The van der Waals surface area contributed by atoms with E-state index in [-0.39, 0.29) is 11.8 Å². The first-order valence-electron chi connectivity index (χ1n) is 6.84. The molecular formula is C15H16N4OS. The van der Waals surface area contributed by atoms with Gasteiger partial charge in [-0.1, -0.05) is 6.92 Å². The van der Waals surface area contributed by atoms with E-state index < -0.39 is 0 Å². The highest BCUT2D eigenvalue weighted by Gasteiger charge is 2.20. The van der Waals surface area contributed by atoms with Crippen LogP contribution in [0.5, 0.6) is 0 Å². The molecule has 1 atom stereocenters. The molecule has 0 aliphatic carbocycles. The fourth-order valence-corrected chi connectivity index (χ4v) is 3.18. The minimum atomic E-state index is -0.0813. The topological polar surface area (TPSA) is 70.7 Å². The Morgan fingerprint density at radius 3 is 3.14 bits per heavy atom. The maximum Gasteiger partial charge on any atom is 0.225 e. The van der Waals surface area contributed by atoms with E-state index >= 15 is 0 Å². The first-order chi connectivity index (χ1) is 10.2. The number of hydrogen-bond acceptors (Lipinski definition) is 5. The summed E-state index contributed by atoms with van der Waals surface area (Å²) in [4.78, 5) is 24.4. The monoisotopic (exact) mass is 300 g/mol. The van der Waals surface area contributed by atoms with E-state index in [4.69, 9.17) is 0 Å². The molecule has 108 valence electrons. The lowest BCUT2D eigenvalue weighted by Crippen LogP contribution is -2.15. The summed E-state index contributed by atoms with van der Waals surface area (Å²) in [5, 5.41) is 5.65. The van der Waals surface area contributed by atoms with Crippen molar-refractivity contribution in [1.29, 1.82) is 0 Å². The van der Waals surface area contributed by atoms with E-state index in [2.05, 4.69) is 27.2 Å². The molecule has 21 heavy (non-hydrogen) atoms. The van der Waals surface area contributed by atoms with Gasteiger partial charge in [-0.3, -0.25) is 9.78 Å². The molecule has 6 heteroatoms. The van der Waals surface area contributed by atoms with E-state index in [1.54, 1.807) is 12.4 Å². The number of aromatic nitrogens is 3. The average molecular weight is 300 g/mol. The molecule has 0 saturated carbocycles. The van der Waals surface area contributed by atoms with Crippen LogP contribution in [0, 0.1) is 0 Å². The number of nitrogens with one attached hydrogen (secondary N) is 2. The first-order valence-corrected chi connectivity index (χ1v) is 7.72. The Morgan fingerprint density at radius 2 is 2.38 bits per heavy atom. The van der Waals surface area contributed by atoms with Crippen LogP contribution < -0.4 is 5.32 Å². The Bertz CT molecular complexity index is 773. The van der Waals surface area contributed by atoms with Crippen molar-refractivity contribution in [2.75, 3.05) is 7.05 Å². The summed E-state index contributed by atoms with van der Waals surface area (Å²) in [7, 11) is 1.90. The minimum Gasteiger partial charge on any atom is -0.359 e. The number of carbonyl (C=O) groups excluding carboxylic acids is 1. The van der Waals surface area contributed by atoms with Crippen LogP contribution in [0.1, 0.15) is 40.4 Å². The number of H-pyrrole nitrogens is 1. The molecule has 0 radical (unpaired) electrons. The zero-order valence-electron chi connectivity index (χ0n) is 11.9. The number of carbonyl (C=O) groups is 1. The number of hydrogen-bond donors (Lipinski definition) is 2. The molecule has 2 N–H and O–H groups in total. The Balaban J connectivity index is 1.95. The van der Waals surface area contributed by atoms with Crippen molar-refractivity contribution in [2.45, 2.75) is 19.4 Å². The molecule has 3 aromatic rings. The summed E-state index contributed by atoms with van der Waals surface area (Å²) in [6.07, 6.45) is 4.33. The molecule has 3 heterocycles. The standard InChI is InChI=1S/C15H16N4OS/c1-3-10(16-2)12-8-21-15(19-12)14(20)9-7-18-11-5-4-6-17-13(9)11/h4-8,10,16,18H,3H2,1-2H3/t10-/m0/s1. The third-order valence-electron chi connectivity index (χ3n) is 3.51. The van der Waals surface area contributed by atoms with Crippen molar-refractivity contribution in [3.63, 3.8) is 0 Å². The number of thiazole rings is 1. The fraction of sp³-hybridized carbons (Fsp3) is 0.267. The maximum absolute atomic E-state index is 12.6. The van der Waals surface area contributed by atoms with Crippen LogP contribution in [-0.4, -0.2) is 27.8 Å². The predicted octanol–water partition coefficient (Wildman–Crippen LogP) is 2.92. The van der Waals surface area contributed by atoms with Crippen molar-refractivity contribution in [3.8, 4) is 0 Å². The van der Waals surface area contributed by atoms with Gasteiger partial charge in [0, 0.05) is 23.8 Å². The van der Waals surface area contributed by atoms with Crippen LogP contribution in [0.25, 0.3) is 11.0 Å². The summed E-state index contributed by atoms with van der Waals surface area (Å²) in [6.45, 7) is 2.09. The molecule has 0 bridgehead atoms. The van der Waals surface area contributed by atoms with Crippen LogP contribution in [-0.2, 0) is 0 Å². The summed E-state index contributed by atoms with van der Waals surface area (Å²) in [6, 6.07) is 3.93. The van der Waals surface area contributed by atoms with Gasteiger partial charge in [0.2, 0.25) is 5.78 Å². The van der Waals surface area contributed by atoms with Gasteiger partial charge >= 0.3 is 0 Å². The molecule has 0 amide bonds. The largest absolute Gasteiger partial charge is 0.359 e. The van der Waals surface area contributed by atoms with Gasteiger partial charge in [0.15, 0.2) is 5.01 Å². The molecular weight excluding hydrogens is 284 g/mol. The predicted molar refractivity (Wildman–Crippen MR) is 83.7 cm³/mol. The molecule has 0 saturated heterocycles. The third-order valence-corrected chi connectivity index (χ3v) is 4.37. The van der Waals surface area contributed by atoms with E-state index in [0.29, 0.717) is 16.1 Å². The number of fused-ring (bicyclic) bond motifs is 1. The van der Waals surface area contributed by atoms with Crippen molar-refractivity contribution < 1.29 is 4.79 Å². The second-order valence-corrected chi connectivity index (χ2v) is 5.62. The van der Waals surface area contributed by atoms with E-state index in [1.165, 1.54) is 11.3 Å². The van der Waals surface area contributed by atoms with Gasteiger partial charge in [0.05, 0.1) is 22.3 Å². The third kappa shape index (κ3) is 2.48. The number of aromatic amines is 1. The molecule has 0 aromatic carbocycles. The second kappa shape index (κ2) is 5.75. The highest BCUT2D eigenvalue weighted by molar-refractivity contribution is 7.12. The van der Waals surface area contributed by atoms with Gasteiger partial charge in [-0.05, 0) is 25.6 Å². The van der Waals surface area contributed by atoms with Crippen molar-refractivity contribution in [3.05, 3.63) is 46.2 Å². The van der Waals surface area contributed by atoms with Gasteiger partial charge in [-0.15, -0.1) is 11.3 Å². The lowest BCUT2D eigenvalue weighted by atomic mass is 10.1. The number of rotatable bonds is 5. The summed E-state index contributed by atoms with van der Waals surface area (Å²) in [5.41, 5.74) is 3.05. The fourth-order valence-electron chi connectivity index (χ4n) is 2.35. The summed E-state index contributed by atoms with van der Waals surface area (Å²) >= 11 is 1.38. The zero-order valence-corrected chi connectivity index (χ0v) is 12.7. The minimum absolute atomic E-state index is 0.0813. The van der Waals surface area contributed by atoms with Crippen molar-refractivity contribution in [2.24, 2.45) is 0 Å². The van der Waals surface area contributed by atoms with Crippen LogP contribution in [0.3, 0.4) is 0 Å². The highest BCUT2D eigenvalue weighted by atomic mass is 32.1. The molecule has 0 unspecified atom stereocenters. The number of ketones is 1. The Labute approximate surface area is 126 Å². The molecule has 0 aliphatic heterocycles. The average Bonchev–Trinajstić information content (AvgIpc) is 3.15. The zero-order chi connectivity index (χ0) is 14.8. The van der Waals surface area contributed by atoms with Crippen LogP contribution in [0.2, 0.25) is 0 Å². The van der Waals surface area contributed by atoms with Gasteiger partial charge in [-0.2, -0.15) is 0 Å². The van der Waals surface area contributed by atoms with Crippen molar-refractivity contribution in [1.82, 2.24) is 20.3 Å².